The number of ether oxygens (including phenoxy) is 4. The van der Waals surface area contributed by atoms with Gasteiger partial charge in [-0.2, -0.15) is 0 Å². The molecule has 14 heteroatoms. The first-order chi connectivity index (χ1) is 31.1. The Balaban J connectivity index is 1.81. The van der Waals surface area contributed by atoms with Crippen LogP contribution in [0.15, 0.2) is 0 Å². The molecule has 2 aliphatic heterocycles. The van der Waals surface area contributed by atoms with Crippen molar-refractivity contribution in [1.82, 2.24) is 5.32 Å². The molecule has 0 spiro atoms. The van der Waals surface area contributed by atoms with Crippen LogP contribution in [0.25, 0.3) is 0 Å². The molecule has 380 valence electrons. The van der Waals surface area contributed by atoms with Crippen LogP contribution in [0, 0.1) is 0 Å². The molecular weight excluding hydrogens is 823 g/mol. The highest BCUT2D eigenvalue weighted by Gasteiger charge is 2.51. The standard InChI is InChI=1S/C50H97NO13/c1-3-5-7-9-11-13-15-17-18-19-20-21-22-23-25-27-29-31-33-39(54)38(51-42(55)34-32-30-28-26-24-16-14-12-10-8-6-4-2)37-61-49-47(60)45(58)48(41(36-53)63-49)64-50-46(59)44(57)43(56)40(35-52)62-50/h38-41,43-50,52-54,56-60H,3-37H2,1-2H3,(H,51,55). The molecule has 9 N–H and O–H groups in total. The van der Waals surface area contributed by atoms with Crippen molar-refractivity contribution in [2.45, 2.75) is 293 Å². The minimum absolute atomic E-state index is 0.205. The first-order valence-electron chi connectivity index (χ1n) is 26.3. The second-order valence-electron chi connectivity index (χ2n) is 19.0. The third-order valence-electron chi connectivity index (χ3n) is 13.3. The lowest BCUT2D eigenvalue weighted by molar-refractivity contribution is -0.359. The number of unbranched alkanes of at least 4 members (excludes halogenated alkanes) is 28. The van der Waals surface area contributed by atoms with Crippen LogP contribution in [0.3, 0.4) is 0 Å². The van der Waals surface area contributed by atoms with Crippen LogP contribution in [-0.4, -0.2) is 140 Å². The molecular formula is C50H97NO13. The number of hydrogen-bond acceptors (Lipinski definition) is 13. The molecule has 0 saturated carbocycles. The monoisotopic (exact) mass is 920 g/mol. The highest BCUT2D eigenvalue weighted by molar-refractivity contribution is 5.76. The van der Waals surface area contributed by atoms with Crippen molar-refractivity contribution in [2.24, 2.45) is 0 Å². The van der Waals surface area contributed by atoms with Crippen LogP contribution in [0.5, 0.6) is 0 Å². The molecule has 2 heterocycles. The average Bonchev–Trinajstić information content (AvgIpc) is 3.29. The molecule has 0 aromatic heterocycles. The maximum absolute atomic E-state index is 13.2. The van der Waals surface area contributed by atoms with Gasteiger partial charge in [0, 0.05) is 6.42 Å². The summed E-state index contributed by atoms with van der Waals surface area (Å²) in [4.78, 5) is 13.2. The third kappa shape index (κ3) is 24.8. The van der Waals surface area contributed by atoms with Gasteiger partial charge in [-0.15, -0.1) is 0 Å². The molecule has 64 heavy (non-hydrogen) atoms. The van der Waals surface area contributed by atoms with Gasteiger partial charge in [0.05, 0.1) is 32.0 Å². The Kier molecular flexibility index (Phi) is 35.0. The topological polar surface area (TPSA) is 228 Å². The number of hydrogen-bond donors (Lipinski definition) is 9. The molecule has 12 unspecified atom stereocenters. The summed E-state index contributed by atoms with van der Waals surface area (Å²) in [6, 6.07) is -0.820. The van der Waals surface area contributed by atoms with E-state index in [-0.39, 0.29) is 12.5 Å². The molecule has 2 rings (SSSR count). The van der Waals surface area contributed by atoms with Crippen LogP contribution in [0.1, 0.15) is 219 Å². The van der Waals surface area contributed by atoms with Gasteiger partial charge >= 0.3 is 0 Å². The van der Waals surface area contributed by atoms with E-state index in [1.807, 2.05) is 0 Å². The number of carbonyl (C=O) groups excluding carboxylic acids is 1. The minimum Gasteiger partial charge on any atom is -0.394 e. The summed E-state index contributed by atoms with van der Waals surface area (Å²) in [5.74, 6) is -0.205. The van der Waals surface area contributed by atoms with Crippen LogP contribution < -0.4 is 5.32 Å². The van der Waals surface area contributed by atoms with Crippen molar-refractivity contribution in [3.05, 3.63) is 0 Å². The average molecular weight is 920 g/mol. The summed E-state index contributed by atoms with van der Waals surface area (Å²) in [5, 5.41) is 86.9. The number of carbonyl (C=O) groups is 1. The van der Waals surface area contributed by atoms with Gasteiger partial charge in [0.15, 0.2) is 12.6 Å². The number of amides is 1. The quantitative estimate of drug-likeness (QED) is 0.0282. The highest BCUT2D eigenvalue weighted by atomic mass is 16.7. The van der Waals surface area contributed by atoms with Gasteiger partial charge < -0.3 is 65.1 Å². The van der Waals surface area contributed by atoms with E-state index in [9.17, 15) is 45.6 Å². The van der Waals surface area contributed by atoms with Crippen LogP contribution in [0.2, 0.25) is 0 Å². The summed E-state index contributed by atoms with van der Waals surface area (Å²) in [5.41, 5.74) is 0. The Morgan fingerprint density at radius 2 is 0.891 bits per heavy atom. The predicted molar refractivity (Wildman–Crippen MR) is 249 cm³/mol. The van der Waals surface area contributed by atoms with Crippen LogP contribution in [-0.2, 0) is 23.7 Å². The van der Waals surface area contributed by atoms with E-state index in [4.69, 9.17) is 18.9 Å². The van der Waals surface area contributed by atoms with Gasteiger partial charge in [0.2, 0.25) is 5.91 Å². The van der Waals surface area contributed by atoms with E-state index in [1.165, 1.54) is 141 Å². The van der Waals surface area contributed by atoms with E-state index in [2.05, 4.69) is 19.2 Å². The maximum atomic E-state index is 13.2. The Bertz CT molecular complexity index is 1090. The van der Waals surface area contributed by atoms with Crippen molar-refractivity contribution < 1.29 is 64.6 Å². The summed E-state index contributed by atoms with van der Waals surface area (Å²) in [7, 11) is 0. The van der Waals surface area contributed by atoms with Crippen LogP contribution in [0.4, 0.5) is 0 Å². The van der Waals surface area contributed by atoms with E-state index in [1.54, 1.807) is 0 Å². The molecule has 2 saturated heterocycles. The molecule has 0 bridgehead atoms. The normalized spacial score (nSPS) is 27.2. The fourth-order valence-corrected chi connectivity index (χ4v) is 9.00. The van der Waals surface area contributed by atoms with Gasteiger partial charge in [-0.05, 0) is 12.8 Å². The predicted octanol–water partition coefficient (Wildman–Crippen LogP) is 7.00. The van der Waals surface area contributed by atoms with Gasteiger partial charge in [0.25, 0.3) is 0 Å². The molecule has 1 amide bonds. The highest BCUT2D eigenvalue weighted by Crippen LogP contribution is 2.30. The zero-order valence-electron chi connectivity index (χ0n) is 40.3. The summed E-state index contributed by atoms with van der Waals surface area (Å²) < 4.78 is 22.8. The first kappa shape index (κ1) is 59.1. The zero-order chi connectivity index (χ0) is 46.8. The van der Waals surface area contributed by atoms with E-state index >= 15 is 0 Å². The van der Waals surface area contributed by atoms with Crippen molar-refractivity contribution >= 4 is 5.91 Å². The molecule has 0 aromatic rings. The SMILES string of the molecule is CCCCCCCCCCCCCCCCCCCCC(O)C(COC1OC(CO)C(OC2OC(CO)C(O)C(O)C2O)C(O)C1O)NC(=O)CCCCCCCCCCCCCC. The smallest absolute Gasteiger partial charge is 0.220 e. The number of rotatable bonds is 41. The molecule has 2 aliphatic rings. The lowest BCUT2D eigenvalue weighted by Crippen LogP contribution is -2.65. The number of aliphatic hydroxyl groups excluding tert-OH is 8. The second-order valence-corrected chi connectivity index (χ2v) is 19.0. The fraction of sp³-hybridized carbons (Fsp3) is 0.980. The van der Waals surface area contributed by atoms with Crippen molar-refractivity contribution in [2.75, 3.05) is 19.8 Å². The molecule has 12 atom stereocenters. The molecule has 0 aliphatic carbocycles. The number of nitrogens with one attached hydrogen (secondary N) is 1. The lowest BCUT2D eigenvalue weighted by atomic mass is 9.97. The zero-order valence-corrected chi connectivity index (χ0v) is 40.3. The van der Waals surface area contributed by atoms with Crippen molar-refractivity contribution in [3.8, 4) is 0 Å². The van der Waals surface area contributed by atoms with Crippen LogP contribution >= 0.6 is 0 Å². The Hall–Kier alpha value is -1.01. The van der Waals surface area contributed by atoms with Crippen molar-refractivity contribution in [3.63, 3.8) is 0 Å². The number of aliphatic hydroxyl groups is 8. The van der Waals surface area contributed by atoms with E-state index < -0.39 is 86.8 Å². The van der Waals surface area contributed by atoms with Gasteiger partial charge in [-0.1, -0.05) is 200 Å². The second kappa shape index (κ2) is 37.9. The van der Waals surface area contributed by atoms with Crippen molar-refractivity contribution in [1.29, 1.82) is 0 Å². The van der Waals surface area contributed by atoms with Gasteiger partial charge in [-0.25, -0.2) is 0 Å². The van der Waals surface area contributed by atoms with E-state index in [0.717, 1.165) is 51.4 Å². The first-order valence-corrected chi connectivity index (χ1v) is 26.3. The Labute approximate surface area is 387 Å². The molecule has 14 nitrogen and oxygen atoms in total. The largest absolute Gasteiger partial charge is 0.394 e. The summed E-state index contributed by atoms with van der Waals surface area (Å²) in [6.07, 6.45) is 21.0. The fourth-order valence-electron chi connectivity index (χ4n) is 9.00. The Morgan fingerprint density at radius 3 is 1.33 bits per heavy atom. The maximum Gasteiger partial charge on any atom is 0.220 e. The van der Waals surface area contributed by atoms with E-state index in [0.29, 0.717) is 12.8 Å². The van der Waals surface area contributed by atoms with Gasteiger partial charge in [0.1, 0.15) is 48.8 Å². The Morgan fingerprint density at radius 1 is 0.500 bits per heavy atom. The molecule has 2 fully saturated rings. The van der Waals surface area contributed by atoms with Gasteiger partial charge in [-0.3, -0.25) is 4.79 Å². The summed E-state index contributed by atoms with van der Waals surface area (Å²) in [6.45, 7) is 2.86. The minimum atomic E-state index is -1.78. The molecule has 0 aromatic carbocycles. The molecule has 0 radical (unpaired) electrons. The summed E-state index contributed by atoms with van der Waals surface area (Å²) >= 11 is 0. The lowest BCUT2D eigenvalue weighted by Gasteiger charge is -2.46. The third-order valence-corrected chi connectivity index (χ3v) is 13.3.